The SMILES string of the molecule is COC(=O)/C=C(/Nc1ccc(S(=O)(=O)N2CCCC(C)C2)cc1)C(=O)OC. The predicted molar refractivity (Wildman–Crippen MR) is 99.3 cm³/mol. The topological polar surface area (TPSA) is 102 Å². The van der Waals surface area contributed by atoms with E-state index in [2.05, 4.69) is 14.8 Å². The molecule has 0 aliphatic carbocycles. The number of piperidine rings is 1. The van der Waals surface area contributed by atoms with Crippen LogP contribution < -0.4 is 5.32 Å². The first-order valence-corrected chi connectivity index (χ1v) is 9.97. The number of rotatable bonds is 6. The average Bonchev–Trinajstić information content (AvgIpc) is 2.67. The van der Waals surface area contributed by atoms with Gasteiger partial charge in [-0.1, -0.05) is 6.92 Å². The molecule has 0 aromatic heterocycles. The maximum Gasteiger partial charge on any atom is 0.354 e. The van der Waals surface area contributed by atoms with E-state index in [4.69, 9.17) is 0 Å². The molecule has 8 nitrogen and oxygen atoms in total. The Morgan fingerprint density at radius 3 is 2.41 bits per heavy atom. The number of carbonyl (C=O) groups is 2. The Bertz CT molecular complexity index is 817. The summed E-state index contributed by atoms with van der Waals surface area (Å²) in [5.41, 5.74) is 0.311. The van der Waals surface area contributed by atoms with Crippen molar-refractivity contribution in [3.8, 4) is 0 Å². The number of nitrogens with zero attached hydrogens (tertiary/aromatic N) is 1. The van der Waals surface area contributed by atoms with Crippen molar-refractivity contribution in [3.63, 3.8) is 0 Å². The van der Waals surface area contributed by atoms with Gasteiger partial charge in [0, 0.05) is 18.8 Å². The molecular weight excluding hydrogens is 372 g/mol. The molecule has 1 saturated heterocycles. The van der Waals surface area contributed by atoms with Crippen molar-refractivity contribution < 1.29 is 27.5 Å². The fourth-order valence-electron chi connectivity index (χ4n) is 2.81. The molecule has 1 atom stereocenters. The van der Waals surface area contributed by atoms with Crippen LogP contribution in [0.15, 0.2) is 40.9 Å². The smallest absolute Gasteiger partial charge is 0.354 e. The average molecular weight is 396 g/mol. The molecule has 0 radical (unpaired) electrons. The van der Waals surface area contributed by atoms with Gasteiger partial charge >= 0.3 is 11.9 Å². The van der Waals surface area contributed by atoms with Gasteiger partial charge in [-0.3, -0.25) is 0 Å². The minimum Gasteiger partial charge on any atom is -0.466 e. The van der Waals surface area contributed by atoms with Crippen molar-refractivity contribution >= 4 is 27.6 Å². The molecule has 148 valence electrons. The van der Waals surface area contributed by atoms with E-state index in [1.165, 1.54) is 42.8 Å². The lowest BCUT2D eigenvalue weighted by molar-refractivity contribution is -0.138. The maximum atomic E-state index is 12.8. The number of benzene rings is 1. The second-order valence-electron chi connectivity index (χ2n) is 6.33. The molecule has 2 rings (SSSR count). The number of nitrogens with one attached hydrogen (secondary N) is 1. The van der Waals surface area contributed by atoms with E-state index in [1.54, 1.807) is 0 Å². The molecule has 0 saturated carbocycles. The summed E-state index contributed by atoms with van der Waals surface area (Å²) < 4.78 is 36.2. The summed E-state index contributed by atoms with van der Waals surface area (Å²) in [5.74, 6) is -1.14. The Hall–Kier alpha value is -2.39. The van der Waals surface area contributed by atoms with Crippen LogP contribution in [-0.4, -0.2) is 52.0 Å². The molecule has 1 heterocycles. The molecule has 9 heteroatoms. The summed E-state index contributed by atoms with van der Waals surface area (Å²) in [5, 5.41) is 2.74. The van der Waals surface area contributed by atoms with Gasteiger partial charge in [0.05, 0.1) is 25.2 Å². The Morgan fingerprint density at radius 1 is 1.19 bits per heavy atom. The monoisotopic (exact) mass is 396 g/mol. The highest BCUT2D eigenvalue weighted by molar-refractivity contribution is 7.89. The normalized spacial score (nSPS) is 18.6. The van der Waals surface area contributed by atoms with Crippen molar-refractivity contribution in [1.82, 2.24) is 4.31 Å². The highest BCUT2D eigenvalue weighted by Crippen LogP contribution is 2.24. The summed E-state index contributed by atoms with van der Waals surface area (Å²) in [7, 11) is -1.18. The van der Waals surface area contributed by atoms with E-state index in [1.807, 2.05) is 6.92 Å². The summed E-state index contributed by atoms with van der Waals surface area (Å²) >= 11 is 0. The van der Waals surface area contributed by atoms with E-state index in [0.717, 1.165) is 18.9 Å². The summed E-state index contributed by atoms with van der Waals surface area (Å²) in [6.45, 7) is 3.06. The van der Waals surface area contributed by atoms with Crippen LogP contribution in [0.2, 0.25) is 0 Å². The van der Waals surface area contributed by atoms with E-state index in [-0.39, 0.29) is 10.6 Å². The summed E-state index contributed by atoms with van der Waals surface area (Å²) in [4.78, 5) is 23.3. The van der Waals surface area contributed by atoms with Gasteiger partial charge in [-0.2, -0.15) is 4.31 Å². The Morgan fingerprint density at radius 2 is 1.85 bits per heavy atom. The largest absolute Gasteiger partial charge is 0.466 e. The van der Waals surface area contributed by atoms with Crippen molar-refractivity contribution in [2.45, 2.75) is 24.7 Å². The van der Waals surface area contributed by atoms with Gasteiger partial charge in [-0.05, 0) is 43.0 Å². The van der Waals surface area contributed by atoms with Gasteiger partial charge in [0.25, 0.3) is 0 Å². The lowest BCUT2D eigenvalue weighted by Gasteiger charge is -2.30. The molecule has 1 N–H and O–H groups in total. The number of ether oxygens (including phenoxy) is 2. The molecule has 27 heavy (non-hydrogen) atoms. The number of hydrogen-bond donors (Lipinski definition) is 1. The highest BCUT2D eigenvalue weighted by Gasteiger charge is 2.28. The molecule has 1 aromatic rings. The molecular formula is C18H24N2O6S. The zero-order valence-corrected chi connectivity index (χ0v) is 16.4. The lowest BCUT2D eigenvalue weighted by atomic mass is 10.0. The van der Waals surface area contributed by atoms with Gasteiger partial charge in [-0.25, -0.2) is 18.0 Å². The summed E-state index contributed by atoms with van der Waals surface area (Å²) in [6.07, 6.45) is 2.84. The zero-order valence-electron chi connectivity index (χ0n) is 15.6. The van der Waals surface area contributed by atoms with Gasteiger partial charge in [0.15, 0.2) is 0 Å². The van der Waals surface area contributed by atoms with Crippen LogP contribution in [0, 0.1) is 5.92 Å². The Kier molecular flexibility index (Phi) is 6.98. The second-order valence-corrected chi connectivity index (χ2v) is 8.27. The molecule has 1 fully saturated rings. The second kappa shape index (κ2) is 9.01. The molecule has 1 aliphatic heterocycles. The Labute approximate surface area is 159 Å². The van der Waals surface area contributed by atoms with Crippen LogP contribution in [0.3, 0.4) is 0 Å². The van der Waals surface area contributed by atoms with Crippen LogP contribution >= 0.6 is 0 Å². The van der Waals surface area contributed by atoms with Crippen molar-refractivity contribution in [2.24, 2.45) is 5.92 Å². The van der Waals surface area contributed by atoms with Crippen LogP contribution in [0.4, 0.5) is 5.69 Å². The quantitative estimate of drug-likeness (QED) is 0.577. The molecule has 0 amide bonds. The Balaban J connectivity index is 2.19. The fourth-order valence-corrected chi connectivity index (χ4v) is 4.41. The summed E-state index contributed by atoms with van der Waals surface area (Å²) in [6, 6.07) is 5.97. The predicted octanol–water partition coefficient (Wildman–Crippen LogP) is 1.75. The van der Waals surface area contributed by atoms with Crippen LogP contribution in [0.25, 0.3) is 0 Å². The fraction of sp³-hybridized carbons (Fsp3) is 0.444. The highest BCUT2D eigenvalue weighted by atomic mass is 32.2. The minimum atomic E-state index is -3.56. The number of carbonyl (C=O) groups excluding carboxylic acids is 2. The van der Waals surface area contributed by atoms with Gasteiger partial charge in [-0.15, -0.1) is 0 Å². The van der Waals surface area contributed by atoms with Crippen LogP contribution in [0.1, 0.15) is 19.8 Å². The first-order valence-electron chi connectivity index (χ1n) is 8.53. The van der Waals surface area contributed by atoms with Gasteiger partial charge in [0.1, 0.15) is 5.70 Å². The van der Waals surface area contributed by atoms with Crippen molar-refractivity contribution in [2.75, 3.05) is 32.6 Å². The third kappa shape index (κ3) is 5.30. The number of anilines is 1. The molecule has 1 unspecified atom stereocenters. The number of methoxy groups -OCH3 is 2. The molecule has 1 aromatic carbocycles. The number of sulfonamides is 1. The van der Waals surface area contributed by atoms with Gasteiger partial charge in [0.2, 0.25) is 10.0 Å². The zero-order chi connectivity index (χ0) is 20.0. The minimum absolute atomic E-state index is 0.121. The first kappa shape index (κ1) is 20.9. The third-order valence-corrected chi connectivity index (χ3v) is 6.14. The number of hydrogen-bond acceptors (Lipinski definition) is 7. The van der Waals surface area contributed by atoms with Gasteiger partial charge < -0.3 is 14.8 Å². The van der Waals surface area contributed by atoms with E-state index >= 15 is 0 Å². The molecule has 1 aliphatic rings. The van der Waals surface area contributed by atoms with Crippen LogP contribution in [-0.2, 0) is 29.1 Å². The van der Waals surface area contributed by atoms with Crippen molar-refractivity contribution in [3.05, 3.63) is 36.0 Å². The third-order valence-electron chi connectivity index (χ3n) is 4.26. The number of esters is 2. The van der Waals surface area contributed by atoms with Crippen molar-refractivity contribution in [1.29, 1.82) is 0 Å². The van der Waals surface area contributed by atoms with E-state index in [9.17, 15) is 18.0 Å². The first-order chi connectivity index (χ1) is 12.8. The van der Waals surface area contributed by atoms with E-state index in [0.29, 0.717) is 24.7 Å². The standard InChI is InChI=1S/C18H24N2O6S/c1-13-5-4-10-20(12-13)27(23,24)15-8-6-14(7-9-15)19-16(18(22)26-3)11-17(21)25-2/h6-9,11,13,19H,4-5,10,12H2,1-3H3/b16-11+. The molecule has 0 bridgehead atoms. The van der Waals surface area contributed by atoms with Crippen LogP contribution in [0.5, 0.6) is 0 Å². The lowest BCUT2D eigenvalue weighted by Crippen LogP contribution is -2.39. The molecule has 0 spiro atoms. The van der Waals surface area contributed by atoms with E-state index < -0.39 is 22.0 Å². The maximum absolute atomic E-state index is 12.8.